The average Bonchev–Trinajstić information content (AvgIpc) is 0.811. The Labute approximate surface area is 74.5 Å². The SMILES string of the molecule is [Ba+2].[O]=[Ge]([O-])[O-]. The van der Waals surface area contributed by atoms with E-state index in [0.717, 1.165) is 0 Å². The van der Waals surface area contributed by atoms with Gasteiger partial charge < -0.3 is 0 Å². The molecule has 0 heterocycles. The van der Waals surface area contributed by atoms with Crippen molar-refractivity contribution in [2.75, 3.05) is 0 Å². The summed E-state index contributed by atoms with van der Waals surface area (Å²) in [7, 11) is 0. The Hall–Kier alpha value is 1.51. The van der Waals surface area contributed by atoms with Crippen molar-refractivity contribution in [3.63, 3.8) is 0 Å². The van der Waals surface area contributed by atoms with Crippen LogP contribution in [-0.4, -0.2) is 63.8 Å². The second kappa shape index (κ2) is 5.51. The van der Waals surface area contributed by atoms with Crippen molar-refractivity contribution < 1.29 is 12.0 Å². The quantitative estimate of drug-likeness (QED) is 0.428. The molecule has 0 rings (SSSR count). The fourth-order valence-corrected chi connectivity index (χ4v) is 0. The molecular weight excluding hydrogens is 258 g/mol. The molecule has 0 aliphatic heterocycles. The van der Waals surface area contributed by atoms with Crippen LogP contribution in [0.4, 0.5) is 0 Å². The summed E-state index contributed by atoms with van der Waals surface area (Å²) in [6.07, 6.45) is 0. The van der Waals surface area contributed by atoms with Gasteiger partial charge in [0.2, 0.25) is 0 Å². The van der Waals surface area contributed by atoms with Crippen LogP contribution < -0.4 is 8.27 Å². The van der Waals surface area contributed by atoms with Gasteiger partial charge in [-0.25, -0.2) is 0 Å². The van der Waals surface area contributed by atoms with E-state index in [0.29, 0.717) is 0 Å². The first-order valence-corrected chi connectivity index (χ1v) is 3.18. The molecule has 0 radical (unpaired) electrons. The number of hydrogen-bond donors (Lipinski definition) is 0. The molecule has 3 nitrogen and oxygen atoms in total. The average molecular weight is 258 g/mol. The van der Waals surface area contributed by atoms with Crippen LogP contribution in [0.5, 0.6) is 0 Å². The van der Waals surface area contributed by atoms with Gasteiger partial charge in [0.05, 0.1) is 0 Å². The first-order valence-electron chi connectivity index (χ1n) is 0.612. The fourth-order valence-electron chi connectivity index (χ4n) is 0. The second-order valence-electron chi connectivity index (χ2n) is 0.250. The van der Waals surface area contributed by atoms with Gasteiger partial charge in [-0.3, -0.25) is 0 Å². The molecule has 0 atom stereocenters. The van der Waals surface area contributed by atoms with Crippen LogP contribution in [0.1, 0.15) is 0 Å². The van der Waals surface area contributed by atoms with E-state index in [1.165, 1.54) is 0 Å². The molecule has 0 bridgehead atoms. The molecule has 0 aromatic rings. The van der Waals surface area contributed by atoms with Crippen molar-refractivity contribution in [2.45, 2.75) is 0 Å². The third-order valence-electron chi connectivity index (χ3n) is 0. The molecule has 0 N–H and O–H groups in total. The van der Waals surface area contributed by atoms with Crippen LogP contribution in [0.15, 0.2) is 0 Å². The molecule has 0 saturated carbocycles. The van der Waals surface area contributed by atoms with Crippen LogP contribution in [0.25, 0.3) is 0 Å². The zero-order valence-electron chi connectivity index (χ0n) is 2.43. The molecule has 0 amide bonds. The molecule has 0 aliphatic carbocycles. The van der Waals surface area contributed by atoms with Crippen molar-refractivity contribution in [1.29, 1.82) is 0 Å². The van der Waals surface area contributed by atoms with E-state index in [9.17, 15) is 0 Å². The summed E-state index contributed by atoms with van der Waals surface area (Å²) in [5, 5.41) is 0. The summed E-state index contributed by atoms with van der Waals surface area (Å²) in [6.45, 7) is 0. The van der Waals surface area contributed by atoms with E-state index in [-0.39, 0.29) is 48.9 Å². The molecule has 0 unspecified atom stereocenters. The zero-order chi connectivity index (χ0) is 3.58. The maximum atomic E-state index is 8.58. The second-order valence-corrected chi connectivity index (χ2v) is 1.30. The van der Waals surface area contributed by atoms with Crippen LogP contribution >= 0.6 is 0 Å². The zero-order valence-corrected chi connectivity index (χ0v) is 8.97. The van der Waals surface area contributed by atoms with Gasteiger partial charge >= 0.3 is 75.9 Å². The molecule has 24 valence electrons. The fraction of sp³-hybridized carbons (Fsp3) is 0. The normalized spacial score (nSPS) is 4.80. The number of hydrogen-bond acceptors (Lipinski definition) is 3. The Morgan fingerprint density at radius 3 is 1.40 bits per heavy atom. The first-order chi connectivity index (χ1) is 1.73. The van der Waals surface area contributed by atoms with E-state index in [1.54, 1.807) is 0 Å². The Kier molecular flexibility index (Phi) is 10.7. The Morgan fingerprint density at radius 1 is 1.40 bits per heavy atom. The van der Waals surface area contributed by atoms with Crippen molar-refractivity contribution in [2.24, 2.45) is 0 Å². The topological polar surface area (TPSA) is 63.2 Å². The Balaban J connectivity index is 0. The van der Waals surface area contributed by atoms with Gasteiger partial charge in [0.1, 0.15) is 0 Å². The third-order valence-corrected chi connectivity index (χ3v) is 0. The minimum atomic E-state index is -4.08. The summed E-state index contributed by atoms with van der Waals surface area (Å²) in [5.41, 5.74) is 0. The van der Waals surface area contributed by atoms with Crippen molar-refractivity contribution in [3.8, 4) is 0 Å². The molecule has 5 heteroatoms. The summed E-state index contributed by atoms with van der Waals surface area (Å²) in [4.78, 5) is 0. The van der Waals surface area contributed by atoms with Gasteiger partial charge in [0.25, 0.3) is 0 Å². The van der Waals surface area contributed by atoms with Crippen molar-refractivity contribution in [1.82, 2.24) is 0 Å². The van der Waals surface area contributed by atoms with E-state index < -0.39 is 15.0 Å². The molecule has 0 aromatic carbocycles. The van der Waals surface area contributed by atoms with Crippen LogP contribution in [-0.2, 0) is 3.78 Å². The molecule has 0 aromatic heterocycles. The molecule has 0 saturated heterocycles. The standard InChI is InChI=1S/Ba.GeO3/c;2-1(3)4/q+2;-2. The predicted octanol–water partition coefficient (Wildman–Crippen LogP) is -3.26. The van der Waals surface area contributed by atoms with Crippen LogP contribution in [0.2, 0.25) is 0 Å². The number of rotatable bonds is 0. The molecule has 0 fully saturated rings. The monoisotopic (exact) mass is 260 g/mol. The molecule has 5 heavy (non-hydrogen) atoms. The summed E-state index contributed by atoms with van der Waals surface area (Å²) >= 11 is -4.08. The first kappa shape index (κ1) is 9.72. The molecular formula is BaGeO3. The summed E-state index contributed by atoms with van der Waals surface area (Å²) in [6, 6.07) is 0. The third kappa shape index (κ3) is 29.7. The van der Waals surface area contributed by atoms with Gasteiger partial charge in [-0.05, 0) is 0 Å². The van der Waals surface area contributed by atoms with Gasteiger partial charge in [0.15, 0.2) is 0 Å². The van der Waals surface area contributed by atoms with Crippen LogP contribution in [0, 0.1) is 0 Å². The van der Waals surface area contributed by atoms with Gasteiger partial charge in [0, 0.05) is 0 Å². The molecule has 0 aliphatic rings. The van der Waals surface area contributed by atoms with Crippen molar-refractivity contribution in [3.05, 3.63) is 0 Å². The van der Waals surface area contributed by atoms with Crippen LogP contribution in [0.3, 0.4) is 0 Å². The Morgan fingerprint density at radius 2 is 1.40 bits per heavy atom. The van der Waals surface area contributed by atoms with E-state index >= 15 is 0 Å². The minimum absolute atomic E-state index is 0. The van der Waals surface area contributed by atoms with Gasteiger partial charge in [-0.15, -0.1) is 0 Å². The maximum absolute atomic E-state index is 8.58. The Bertz CT molecular complexity index is 29.9. The molecule has 0 spiro atoms. The van der Waals surface area contributed by atoms with Crippen molar-refractivity contribution >= 4 is 63.8 Å². The van der Waals surface area contributed by atoms with Gasteiger partial charge in [-0.2, -0.15) is 0 Å². The van der Waals surface area contributed by atoms with E-state index in [4.69, 9.17) is 12.0 Å². The predicted molar refractivity (Wildman–Crippen MR) is 12.2 cm³/mol. The summed E-state index contributed by atoms with van der Waals surface area (Å²) < 4.78 is 25.8. The van der Waals surface area contributed by atoms with E-state index in [1.807, 2.05) is 0 Å². The van der Waals surface area contributed by atoms with E-state index in [2.05, 4.69) is 0 Å². The summed E-state index contributed by atoms with van der Waals surface area (Å²) in [5.74, 6) is 0. The van der Waals surface area contributed by atoms with Gasteiger partial charge in [-0.1, -0.05) is 0 Å².